The minimum Gasteiger partial charge on any atom is -0.477 e. The van der Waals surface area contributed by atoms with Gasteiger partial charge in [-0.15, -0.1) is 0 Å². The number of esters is 1. The summed E-state index contributed by atoms with van der Waals surface area (Å²) in [5.74, 6) is -1.31. The van der Waals surface area contributed by atoms with Crippen molar-refractivity contribution in [3.05, 3.63) is 59.8 Å². The highest BCUT2D eigenvalue weighted by molar-refractivity contribution is 5.94. The van der Waals surface area contributed by atoms with E-state index in [0.29, 0.717) is 12.2 Å². The molecule has 1 heterocycles. The lowest BCUT2D eigenvalue weighted by Crippen LogP contribution is -2.26. The topological polar surface area (TPSA) is 91.5 Å². The molecule has 0 bridgehead atoms. The van der Waals surface area contributed by atoms with Crippen molar-refractivity contribution in [1.82, 2.24) is 4.98 Å². The molecule has 1 unspecified atom stereocenters. The number of aromatic nitrogens is 1. The molecule has 1 atom stereocenters. The molecule has 0 aliphatic rings. The van der Waals surface area contributed by atoms with Gasteiger partial charge in [0.25, 0.3) is 5.91 Å². The van der Waals surface area contributed by atoms with Crippen molar-refractivity contribution in [3.63, 3.8) is 0 Å². The highest BCUT2D eigenvalue weighted by atomic mass is 16.6. The molecule has 1 aromatic heterocycles. The average molecular weight is 300 g/mol. The van der Waals surface area contributed by atoms with Crippen molar-refractivity contribution < 1.29 is 19.1 Å². The predicted octanol–water partition coefficient (Wildman–Crippen LogP) is 1.86. The van der Waals surface area contributed by atoms with Gasteiger partial charge in [0.1, 0.15) is 5.56 Å². The molecule has 6 nitrogen and oxygen atoms in total. The van der Waals surface area contributed by atoms with Gasteiger partial charge in [-0.1, -0.05) is 30.3 Å². The summed E-state index contributed by atoms with van der Waals surface area (Å²) in [5, 5.41) is 0. The summed E-state index contributed by atoms with van der Waals surface area (Å²) in [6.07, 6.45) is 0.341. The Bertz CT molecular complexity index is 658. The second-order valence-corrected chi connectivity index (χ2v) is 4.39. The van der Waals surface area contributed by atoms with Gasteiger partial charge in [-0.05, 0) is 19.1 Å². The molecular weight excluding hydrogens is 284 g/mol. The van der Waals surface area contributed by atoms with E-state index in [1.54, 1.807) is 43.3 Å². The molecule has 0 spiro atoms. The summed E-state index contributed by atoms with van der Waals surface area (Å²) >= 11 is 0. The average Bonchev–Trinajstić information content (AvgIpc) is 2.54. The summed E-state index contributed by atoms with van der Waals surface area (Å²) in [6, 6.07) is 11.7. The van der Waals surface area contributed by atoms with E-state index < -0.39 is 18.0 Å². The summed E-state index contributed by atoms with van der Waals surface area (Å²) in [7, 11) is 0. The molecule has 114 valence electrons. The van der Waals surface area contributed by atoms with Crippen LogP contribution in [0, 0.1) is 0 Å². The van der Waals surface area contributed by atoms with Crippen LogP contribution in [0.15, 0.2) is 48.7 Å². The molecule has 2 N–H and O–H groups in total. The van der Waals surface area contributed by atoms with Gasteiger partial charge in [0.2, 0.25) is 12.0 Å². The number of hydrogen-bond donors (Lipinski definition) is 1. The zero-order chi connectivity index (χ0) is 15.9. The second kappa shape index (κ2) is 7.21. The van der Waals surface area contributed by atoms with Crippen LogP contribution < -0.4 is 10.5 Å². The molecule has 6 heteroatoms. The Morgan fingerprint density at radius 1 is 1.18 bits per heavy atom. The number of primary amides is 1. The maximum absolute atomic E-state index is 12.3. The van der Waals surface area contributed by atoms with E-state index in [0.717, 1.165) is 0 Å². The zero-order valence-corrected chi connectivity index (χ0v) is 12.1. The molecule has 0 aliphatic carbocycles. The normalized spacial score (nSPS) is 11.5. The fourth-order valence-electron chi connectivity index (χ4n) is 1.89. The minimum absolute atomic E-state index is 0.145. The number of nitrogens with zero attached hydrogens (tertiary/aromatic N) is 1. The molecule has 22 heavy (non-hydrogen) atoms. The third-order valence-corrected chi connectivity index (χ3v) is 2.86. The van der Waals surface area contributed by atoms with Crippen LogP contribution in [0.2, 0.25) is 0 Å². The number of nitrogens with two attached hydrogens (primary N) is 1. The molecule has 0 saturated heterocycles. The zero-order valence-electron chi connectivity index (χ0n) is 12.1. The summed E-state index contributed by atoms with van der Waals surface area (Å²) in [4.78, 5) is 27.8. The first-order valence-corrected chi connectivity index (χ1v) is 6.76. The molecule has 0 fully saturated rings. The Morgan fingerprint density at radius 2 is 1.91 bits per heavy atom. The third-order valence-electron chi connectivity index (χ3n) is 2.86. The Morgan fingerprint density at radius 3 is 2.55 bits per heavy atom. The first kappa shape index (κ1) is 15.5. The van der Waals surface area contributed by atoms with Crippen molar-refractivity contribution in [2.24, 2.45) is 5.73 Å². The van der Waals surface area contributed by atoms with E-state index in [1.807, 2.05) is 0 Å². The Balaban J connectivity index is 2.24. The quantitative estimate of drug-likeness (QED) is 0.822. The van der Waals surface area contributed by atoms with Crippen molar-refractivity contribution >= 4 is 11.9 Å². The van der Waals surface area contributed by atoms with Crippen LogP contribution in [0.4, 0.5) is 0 Å². The SMILES string of the molecule is CCOc1ncccc1C(=O)OC(C(N)=O)c1ccccc1. The van der Waals surface area contributed by atoms with Gasteiger partial charge in [-0.2, -0.15) is 0 Å². The van der Waals surface area contributed by atoms with Crippen LogP contribution in [0.1, 0.15) is 28.9 Å². The molecule has 0 radical (unpaired) electrons. The van der Waals surface area contributed by atoms with Crippen LogP contribution >= 0.6 is 0 Å². The number of carbonyl (C=O) groups excluding carboxylic acids is 2. The van der Waals surface area contributed by atoms with Crippen molar-refractivity contribution in [2.45, 2.75) is 13.0 Å². The lowest BCUT2D eigenvalue weighted by molar-refractivity contribution is -0.127. The van der Waals surface area contributed by atoms with Crippen LogP contribution in [0.3, 0.4) is 0 Å². The van der Waals surface area contributed by atoms with E-state index >= 15 is 0 Å². The van der Waals surface area contributed by atoms with Crippen LogP contribution in [0.5, 0.6) is 5.88 Å². The first-order chi connectivity index (χ1) is 10.6. The number of hydrogen-bond acceptors (Lipinski definition) is 5. The molecule has 1 aromatic carbocycles. The fraction of sp³-hybridized carbons (Fsp3) is 0.188. The second-order valence-electron chi connectivity index (χ2n) is 4.39. The van der Waals surface area contributed by atoms with Crippen molar-refractivity contribution in [2.75, 3.05) is 6.61 Å². The van der Waals surface area contributed by atoms with Crippen LogP contribution in [-0.4, -0.2) is 23.5 Å². The maximum atomic E-state index is 12.3. The van der Waals surface area contributed by atoms with Gasteiger partial charge in [0.05, 0.1) is 6.61 Å². The molecule has 2 aromatic rings. The predicted molar refractivity (Wildman–Crippen MR) is 79.2 cm³/mol. The fourth-order valence-corrected chi connectivity index (χ4v) is 1.89. The number of rotatable bonds is 6. The lowest BCUT2D eigenvalue weighted by Gasteiger charge is -2.16. The van der Waals surface area contributed by atoms with Gasteiger partial charge in [0, 0.05) is 11.8 Å². The van der Waals surface area contributed by atoms with Gasteiger partial charge >= 0.3 is 5.97 Å². The number of amides is 1. The van der Waals surface area contributed by atoms with E-state index in [9.17, 15) is 9.59 Å². The summed E-state index contributed by atoms with van der Waals surface area (Å²) < 4.78 is 10.5. The smallest absolute Gasteiger partial charge is 0.344 e. The maximum Gasteiger partial charge on any atom is 0.344 e. The third kappa shape index (κ3) is 3.60. The molecule has 2 rings (SSSR count). The van der Waals surface area contributed by atoms with Crippen molar-refractivity contribution in [1.29, 1.82) is 0 Å². The first-order valence-electron chi connectivity index (χ1n) is 6.76. The highest BCUT2D eigenvalue weighted by Gasteiger charge is 2.25. The largest absolute Gasteiger partial charge is 0.477 e. The number of benzene rings is 1. The van der Waals surface area contributed by atoms with Gasteiger partial charge in [-0.25, -0.2) is 9.78 Å². The highest BCUT2D eigenvalue weighted by Crippen LogP contribution is 2.22. The molecule has 1 amide bonds. The molecule has 0 aliphatic heterocycles. The van der Waals surface area contributed by atoms with E-state index in [-0.39, 0.29) is 11.4 Å². The molecule has 0 saturated carbocycles. The minimum atomic E-state index is -1.16. The van der Waals surface area contributed by atoms with Gasteiger partial charge < -0.3 is 15.2 Å². The number of ether oxygens (including phenoxy) is 2. The van der Waals surface area contributed by atoms with Crippen LogP contribution in [0.25, 0.3) is 0 Å². The van der Waals surface area contributed by atoms with Gasteiger partial charge in [0.15, 0.2) is 0 Å². The van der Waals surface area contributed by atoms with E-state index in [2.05, 4.69) is 4.98 Å². The lowest BCUT2D eigenvalue weighted by atomic mass is 10.1. The monoisotopic (exact) mass is 300 g/mol. The van der Waals surface area contributed by atoms with Gasteiger partial charge in [-0.3, -0.25) is 4.79 Å². The van der Waals surface area contributed by atoms with E-state index in [4.69, 9.17) is 15.2 Å². The Hall–Kier alpha value is -2.89. The van der Waals surface area contributed by atoms with Crippen LogP contribution in [-0.2, 0) is 9.53 Å². The summed E-state index contributed by atoms with van der Waals surface area (Å²) in [5.41, 5.74) is 5.98. The van der Waals surface area contributed by atoms with Crippen molar-refractivity contribution in [3.8, 4) is 5.88 Å². The Kier molecular flexibility index (Phi) is 5.08. The Labute approximate surface area is 127 Å². The number of carbonyl (C=O) groups is 2. The standard InChI is InChI=1S/C16H16N2O4/c1-2-21-15-12(9-6-10-18-15)16(20)22-13(14(17)19)11-7-4-3-5-8-11/h3-10,13H,2H2,1H3,(H2,17,19). The number of pyridine rings is 1. The summed E-state index contributed by atoms with van der Waals surface area (Å²) in [6.45, 7) is 2.13. The molecular formula is C16H16N2O4. The van der Waals surface area contributed by atoms with E-state index in [1.165, 1.54) is 12.3 Å².